The van der Waals surface area contributed by atoms with Crippen LogP contribution in [0.5, 0.6) is 0 Å². The van der Waals surface area contributed by atoms with Crippen LogP contribution >= 0.6 is 11.6 Å². The standard InChI is InChI=1S/C19H18ClNO7S/c1-29(25,26)13-6-5-9(18(24)14-11(22)3-2-4-12(14)23)16(20)15(13)17-10-7-8-27-19(10)28-21-17/h5-6,10,19,24H,2-4,7-8H2,1H3. The lowest BCUT2D eigenvalue weighted by Gasteiger charge is -2.18. The van der Waals surface area contributed by atoms with Gasteiger partial charge < -0.3 is 14.7 Å². The minimum absolute atomic E-state index is 0.00210. The fourth-order valence-electron chi connectivity index (χ4n) is 3.84. The number of sulfone groups is 1. The summed E-state index contributed by atoms with van der Waals surface area (Å²) in [7, 11) is -3.70. The zero-order chi connectivity index (χ0) is 20.9. The van der Waals surface area contributed by atoms with Gasteiger partial charge in [-0.3, -0.25) is 9.59 Å². The molecule has 3 aliphatic rings. The third-order valence-corrected chi connectivity index (χ3v) is 6.79. The van der Waals surface area contributed by atoms with Gasteiger partial charge in [0.25, 0.3) is 0 Å². The molecule has 0 bridgehead atoms. The van der Waals surface area contributed by atoms with Gasteiger partial charge in [-0.15, -0.1) is 0 Å². The SMILES string of the molecule is CS(=O)(=O)c1ccc(C(O)=C2C(=O)CCCC2=O)c(Cl)c1C1=NOC2OCCC12. The fourth-order valence-corrected chi connectivity index (χ4v) is 5.14. The zero-order valence-electron chi connectivity index (χ0n) is 15.5. The van der Waals surface area contributed by atoms with E-state index in [1.807, 2.05) is 0 Å². The van der Waals surface area contributed by atoms with E-state index in [-0.39, 0.29) is 45.4 Å². The molecular weight excluding hydrogens is 422 g/mol. The number of hydrogen-bond acceptors (Lipinski definition) is 8. The molecule has 1 aromatic carbocycles. The van der Waals surface area contributed by atoms with E-state index in [2.05, 4.69) is 5.16 Å². The normalized spacial score (nSPS) is 24.3. The second kappa shape index (κ2) is 7.23. The molecule has 0 radical (unpaired) electrons. The molecule has 1 aliphatic carbocycles. The number of ether oxygens (including phenoxy) is 1. The smallest absolute Gasteiger partial charge is 0.235 e. The number of halogens is 1. The first-order valence-corrected chi connectivity index (χ1v) is 11.4. The van der Waals surface area contributed by atoms with E-state index in [0.29, 0.717) is 25.2 Å². The second-order valence-corrected chi connectivity index (χ2v) is 9.57. The van der Waals surface area contributed by atoms with E-state index in [4.69, 9.17) is 21.2 Å². The van der Waals surface area contributed by atoms with Crippen molar-refractivity contribution >= 4 is 44.5 Å². The molecule has 154 valence electrons. The quantitative estimate of drug-likeness (QED) is 0.436. The number of rotatable bonds is 3. The Morgan fingerprint density at radius 2 is 1.93 bits per heavy atom. The largest absolute Gasteiger partial charge is 0.506 e. The van der Waals surface area contributed by atoms with Crippen LogP contribution < -0.4 is 0 Å². The van der Waals surface area contributed by atoms with Gasteiger partial charge in [0, 0.05) is 30.2 Å². The van der Waals surface area contributed by atoms with Gasteiger partial charge in [0.05, 0.1) is 28.2 Å². The maximum atomic E-state index is 12.4. The molecular formula is C19H18ClNO7S. The fraction of sp³-hybridized carbons (Fsp3) is 0.421. The number of Topliss-reactive ketones (excluding diaryl/α,β-unsaturated/α-hetero) is 2. The summed E-state index contributed by atoms with van der Waals surface area (Å²) in [6, 6.07) is 2.57. The number of nitrogens with zero attached hydrogens (tertiary/aromatic N) is 1. The van der Waals surface area contributed by atoms with Crippen molar-refractivity contribution in [2.75, 3.05) is 12.9 Å². The van der Waals surface area contributed by atoms with Crippen molar-refractivity contribution in [2.24, 2.45) is 11.1 Å². The highest BCUT2D eigenvalue weighted by molar-refractivity contribution is 7.90. The summed E-state index contributed by atoms with van der Waals surface area (Å²) in [6.07, 6.45) is 1.71. The molecule has 8 nitrogen and oxygen atoms in total. The molecule has 4 rings (SSSR count). The Hall–Kier alpha value is -2.23. The van der Waals surface area contributed by atoms with Gasteiger partial charge in [0.2, 0.25) is 6.29 Å². The number of benzene rings is 1. The summed E-state index contributed by atoms with van der Waals surface area (Å²) < 4.78 is 30.2. The van der Waals surface area contributed by atoms with E-state index in [1.165, 1.54) is 12.1 Å². The van der Waals surface area contributed by atoms with E-state index < -0.39 is 33.5 Å². The highest BCUT2D eigenvalue weighted by Crippen LogP contribution is 2.40. The first-order chi connectivity index (χ1) is 13.7. The van der Waals surface area contributed by atoms with Crippen molar-refractivity contribution in [3.63, 3.8) is 0 Å². The van der Waals surface area contributed by atoms with Gasteiger partial charge in [-0.05, 0) is 25.0 Å². The number of allylic oxidation sites excluding steroid dienone is 1. The number of hydrogen-bond donors (Lipinski definition) is 1. The lowest BCUT2D eigenvalue weighted by atomic mass is 9.88. The molecule has 0 spiro atoms. The minimum Gasteiger partial charge on any atom is -0.506 e. The maximum Gasteiger partial charge on any atom is 0.235 e. The van der Waals surface area contributed by atoms with E-state index in [1.54, 1.807) is 0 Å². The summed E-state index contributed by atoms with van der Waals surface area (Å²) in [5.74, 6) is -1.79. The Kier molecular flexibility index (Phi) is 5.00. The van der Waals surface area contributed by atoms with Crippen LogP contribution in [0.4, 0.5) is 0 Å². The van der Waals surface area contributed by atoms with E-state index >= 15 is 0 Å². The Labute approximate surface area is 172 Å². The average Bonchev–Trinajstić information content (AvgIpc) is 3.24. The topological polar surface area (TPSA) is 119 Å². The number of ketones is 2. The average molecular weight is 440 g/mol. The molecule has 1 saturated heterocycles. The van der Waals surface area contributed by atoms with Gasteiger partial charge >= 0.3 is 0 Å². The second-order valence-electron chi connectivity index (χ2n) is 7.21. The van der Waals surface area contributed by atoms with Gasteiger partial charge in [0.1, 0.15) is 11.3 Å². The van der Waals surface area contributed by atoms with Crippen LogP contribution in [0.15, 0.2) is 27.8 Å². The first kappa shape index (κ1) is 20.1. The Balaban J connectivity index is 1.93. The van der Waals surface area contributed by atoms with Gasteiger partial charge in [-0.1, -0.05) is 16.8 Å². The molecule has 2 aliphatic heterocycles. The Morgan fingerprint density at radius 3 is 2.59 bits per heavy atom. The van der Waals surface area contributed by atoms with Crippen molar-refractivity contribution in [1.82, 2.24) is 0 Å². The number of aliphatic hydroxyl groups is 1. The van der Waals surface area contributed by atoms with Crippen LogP contribution in [0, 0.1) is 5.92 Å². The van der Waals surface area contributed by atoms with Gasteiger partial charge in [-0.25, -0.2) is 8.42 Å². The van der Waals surface area contributed by atoms with Crippen molar-refractivity contribution in [3.05, 3.63) is 33.9 Å². The lowest BCUT2D eigenvalue weighted by Crippen LogP contribution is -2.22. The molecule has 2 heterocycles. The number of fused-ring (bicyclic) bond motifs is 1. The Morgan fingerprint density at radius 1 is 1.24 bits per heavy atom. The molecule has 1 N–H and O–H groups in total. The van der Waals surface area contributed by atoms with Crippen molar-refractivity contribution in [3.8, 4) is 0 Å². The molecule has 1 aromatic rings. The summed E-state index contributed by atoms with van der Waals surface area (Å²) in [5, 5.41) is 14.6. The minimum atomic E-state index is -3.70. The van der Waals surface area contributed by atoms with E-state index in [9.17, 15) is 23.1 Å². The molecule has 2 unspecified atom stereocenters. The number of aliphatic hydroxyl groups excluding tert-OH is 1. The molecule has 10 heteroatoms. The van der Waals surface area contributed by atoms with Crippen LogP contribution in [0.2, 0.25) is 5.02 Å². The molecule has 29 heavy (non-hydrogen) atoms. The monoisotopic (exact) mass is 439 g/mol. The van der Waals surface area contributed by atoms with Gasteiger partial charge in [-0.2, -0.15) is 0 Å². The van der Waals surface area contributed by atoms with E-state index in [0.717, 1.165) is 6.26 Å². The van der Waals surface area contributed by atoms with Gasteiger partial charge in [0.15, 0.2) is 21.4 Å². The van der Waals surface area contributed by atoms with Crippen LogP contribution in [-0.4, -0.2) is 50.0 Å². The molecule has 0 aromatic heterocycles. The number of oxime groups is 1. The van der Waals surface area contributed by atoms with Crippen LogP contribution in [0.1, 0.15) is 36.8 Å². The predicted molar refractivity (Wildman–Crippen MR) is 103 cm³/mol. The third-order valence-electron chi connectivity index (χ3n) is 5.26. The predicted octanol–water partition coefficient (Wildman–Crippen LogP) is 2.43. The number of carbonyl (C=O) groups excluding carboxylic acids is 2. The maximum absolute atomic E-state index is 12.4. The molecule has 2 atom stereocenters. The van der Waals surface area contributed by atoms with Crippen LogP contribution in [0.25, 0.3) is 5.76 Å². The highest BCUT2D eigenvalue weighted by Gasteiger charge is 2.42. The lowest BCUT2D eigenvalue weighted by molar-refractivity contribution is -0.123. The summed E-state index contributed by atoms with van der Waals surface area (Å²) >= 11 is 6.54. The molecule has 1 saturated carbocycles. The van der Waals surface area contributed by atoms with Crippen molar-refractivity contribution in [1.29, 1.82) is 0 Å². The summed E-state index contributed by atoms with van der Waals surface area (Å²) in [4.78, 5) is 29.6. The van der Waals surface area contributed by atoms with Crippen molar-refractivity contribution in [2.45, 2.75) is 36.9 Å². The Bertz CT molecular complexity index is 1070. The number of carbonyl (C=O) groups is 2. The highest BCUT2D eigenvalue weighted by atomic mass is 35.5. The molecule has 0 amide bonds. The zero-order valence-corrected chi connectivity index (χ0v) is 17.0. The first-order valence-electron chi connectivity index (χ1n) is 9.08. The summed E-state index contributed by atoms with van der Waals surface area (Å²) in [6.45, 7) is 0.429. The van der Waals surface area contributed by atoms with Crippen LogP contribution in [0.3, 0.4) is 0 Å². The van der Waals surface area contributed by atoms with Crippen LogP contribution in [-0.2, 0) is 29.0 Å². The summed E-state index contributed by atoms with van der Waals surface area (Å²) in [5.41, 5.74) is 0.0898. The molecule has 2 fully saturated rings. The third kappa shape index (κ3) is 3.37. The van der Waals surface area contributed by atoms with Crippen molar-refractivity contribution < 1.29 is 32.7 Å².